The number of thioether (sulfide) groups is 1. The minimum Gasteiger partial charge on any atom is -0.336 e. The molecule has 2 heterocycles. The molecule has 0 unspecified atom stereocenters. The SMILES string of the molecule is Cc1ccc(NC(=O)CN(C)C(=O)CSc2nc3nc(C)cc(C)n3n2)cc1. The molecule has 0 atom stereocenters. The van der Waals surface area contributed by atoms with Crippen LogP contribution in [0.5, 0.6) is 0 Å². The normalized spacial score (nSPS) is 10.9. The number of nitrogens with zero attached hydrogens (tertiary/aromatic N) is 5. The van der Waals surface area contributed by atoms with Crippen LogP contribution in [0.25, 0.3) is 5.78 Å². The molecule has 1 N–H and O–H groups in total. The number of fused-ring (bicyclic) bond motifs is 1. The Labute approximate surface area is 167 Å². The number of carbonyl (C=O) groups excluding carboxylic acids is 2. The highest BCUT2D eigenvalue weighted by Crippen LogP contribution is 2.16. The number of aromatic nitrogens is 4. The monoisotopic (exact) mass is 398 g/mol. The van der Waals surface area contributed by atoms with Crippen LogP contribution in [-0.2, 0) is 9.59 Å². The zero-order chi connectivity index (χ0) is 20.3. The summed E-state index contributed by atoms with van der Waals surface area (Å²) in [6, 6.07) is 9.42. The number of nitrogens with one attached hydrogen (secondary N) is 1. The number of rotatable bonds is 6. The molecule has 1 aromatic carbocycles. The number of anilines is 1. The first kappa shape index (κ1) is 19.8. The van der Waals surface area contributed by atoms with Gasteiger partial charge in [0.2, 0.25) is 17.0 Å². The molecule has 0 bridgehead atoms. The van der Waals surface area contributed by atoms with E-state index in [4.69, 9.17) is 0 Å². The number of hydrogen-bond acceptors (Lipinski definition) is 6. The maximum Gasteiger partial charge on any atom is 0.253 e. The first-order valence-electron chi connectivity index (χ1n) is 8.76. The van der Waals surface area contributed by atoms with E-state index >= 15 is 0 Å². The van der Waals surface area contributed by atoms with Gasteiger partial charge in [0.05, 0.1) is 12.3 Å². The van der Waals surface area contributed by atoms with E-state index in [9.17, 15) is 9.59 Å². The molecule has 0 aliphatic carbocycles. The second-order valence-corrected chi connectivity index (χ2v) is 7.54. The molecule has 8 nitrogen and oxygen atoms in total. The minimum atomic E-state index is -0.245. The number of carbonyl (C=O) groups is 2. The average molecular weight is 398 g/mol. The van der Waals surface area contributed by atoms with Crippen molar-refractivity contribution < 1.29 is 9.59 Å². The average Bonchev–Trinajstić information content (AvgIpc) is 3.04. The molecular formula is C19H22N6O2S. The Morgan fingerprint density at radius 2 is 1.86 bits per heavy atom. The van der Waals surface area contributed by atoms with Gasteiger partial charge in [0.25, 0.3) is 5.78 Å². The highest BCUT2D eigenvalue weighted by atomic mass is 32.2. The summed E-state index contributed by atoms with van der Waals surface area (Å²) in [5.74, 6) is 0.233. The van der Waals surface area contributed by atoms with Crippen LogP contribution in [0.3, 0.4) is 0 Å². The van der Waals surface area contributed by atoms with E-state index in [1.54, 1.807) is 11.6 Å². The van der Waals surface area contributed by atoms with Crippen molar-refractivity contribution in [1.82, 2.24) is 24.5 Å². The summed E-state index contributed by atoms with van der Waals surface area (Å²) in [6.07, 6.45) is 0. The zero-order valence-corrected chi connectivity index (χ0v) is 17.1. The van der Waals surface area contributed by atoms with Crippen LogP contribution in [0, 0.1) is 20.8 Å². The molecule has 0 aliphatic heterocycles. The Balaban J connectivity index is 1.53. The number of likely N-dealkylation sites (N-methyl/N-ethyl adjacent to an activating group) is 1. The van der Waals surface area contributed by atoms with Gasteiger partial charge in [-0.25, -0.2) is 9.50 Å². The van der Waals surface area contributed by atoms with Crippen LogP contribution < -0.4 is 5.32 Å². The highest BCUT2D eigenvalue weighted by molar-refractivity contribution is 7.99. The molecule has 0 saturated heterocycles. The fourth-order valence-corrected chi connectivity index (χ4v) is 3.35. The standard InChI is InChI=1S/C19H22N6O2S/c1-12-5-7-15(8-6-12)21-16(26)10-24(4)17(27)11-28-19-22-18-20-13(2)9-14(3)25(18)23-19/h5-9H,10-11H2,1-4H3,(H,21,26). The summed E-state index contributed by atoms with van der Waals surface area (Å²) < 4.78 is 1.65. The summed E-state index contributed by atoms with van der Waals surface area (Å²) in [4.78, 5) is 34.5. The summed E-state index contributed by atoms with van der Waals surface area (Å²) >= 11 is 1.22. The quantitative estimate of drug-likeness (QED) is 0.640. The molecule has 146 valence electrons. The van der Waals surface area contributed by atoms with Crippen molar-refractivity contribution in [3.8, 4) is 0 Å². The van der Waals surface area contributed by atoms with Gasteiger partial charge in [0.1, 0.15) is 0 Å². The summed E-state index contributed by atoms with van der Waals surface area (Å²) in [6.45, 7) is 5.78. The maximum atomic E-state index is 12.3. The fourth-order valence-electron chi connectivity index (χ4n) is 2.59. The molecule has 2 aromatic heterocycles. The lowest BCUT2D eigenvalue weighted by Gasteiger charge is -2.16. The zero-order valence-electron chi connectivity index (χ0n) is 16.3. The van der Waals surface area contributed by atoms with Crippen molar-refractivity contribution in [2.45, 2.75) is 25.9 Å². The number of amides is 2. The number of aryl methyl sites for hydroxylation is 3. The van der Waals surface area contributed by atoms with E-state index in [2.05, 4.69) is 20.4 Å². The number of hydrogen-bond donors (Lipinski definition) is 1. The minimum absolute atomic E-state index is 0.0221. The van der Waals surface area contributed by atoms with Crippen molar-refractivity contribution in [3.63, 3.8) is 0 Å². The van der Waals surface area contributed by atoms with E-state index in [-0.39, 0.29) is 24.1 Å². The van der Waals surface area contributed by atoms with Crippen LogP contribution in [0.1, 0.15) is 17.0 Å². The van der Waals surface area contributed by atoms with Gasteiger partial charge in [-0.15, -0.1) is 5.10 Å². The predicted octanol–water partition coefficient (Wildman–Crippen LogP) is 2.24. The molecule has 28 heavy (non-hydrogen) atoms. The summed E-state index contributed by atoms with van der Waals surface area (Å²) in [5, 5.41) is 7.63. The smallest absolute Gasteiger partial charge is 0.253 e. The Morgan fingerprint density at radius 1 is 1.14 bits per heavy atom. The maximum absolute atomic E-state index is 12.3. The molecule has 9 heteroatoms. The predicted molar refractivity (Wildman–Crippen MR) is 108 cm³/mol. The van der Waals surface area contributed by atoms with Crippen LogP contribution in [-0.4, -0.2) is 55.6 Å². The topological polar surface area (TPSA) is 92.5 Å². The third-order valence-corrected chi connectivity index (χ3v) is 4.89. The van der Waals surface area contributed by atoms with Crippen molar-refractivity contribution in [2.24, 2.45) is 0 Å². The number of benzene rings is 1. The summed E-state index contributed by atoms with van der Waals surface area (Å²) in [5.41, 5.74) is 3.61. The van der Waals surface area contributed by atoms with Gasteiger partial charge >= 0.3 is 0 Å². The first-order chi connectivity index (χ1) is 13.3. The largest absolute Gasteiger partial charge is 0.336 e. The van der Waals surface area contributed by atoms with E-state index in [1.165, 1.54) is 16.7 Å². The van der Waals surface area contributed by atoms with Gasteiger partial charge in [0.15, 0.2) is 0 Å². The van der Waals surface area contributed by atoms with E-state index in [0.29, 0.717) is 16.6 Å². The Morgan fingerprint density at radius 3 is 2.57 bits per heavy atom. The third kappa shape index (κ3) is 4.86. The Bertz CT molecular complexity index is 1020. The van der Waals surface area contributed by atoms with Gasteiger partial charge < -0.3 is 10.2 Å². The van der Waals surface area contributed by atoms with Gasteiger partial charge in [-0.05, 0) is 39.0 Å². The third-order valence-electron chi connectivity index (χ3n) is 4.07. The van der Waals surface area contributed by atoms with Crippen molar-refractivity contribution in [2.75, 3.05) is 24.7 Å². The molecular weight excluding hydrogens is 376 g/mol. The molecule has 0 aliphatic rings. The van der Waals surface area contributed by atoms with Gasteiger partial charge in [-0.1, -0.05) is 29.5 Å². The van der Waals surface area contributed by atoms with Crippen LogP contribution in [0.4, 0.5) is 5.69 Å². The molecule has 2 amide bonds. The molecule has 3 aromatic rings. The highest BCUT2D eigenvalue weighted by Gasteiger charge is 2.15. The van der Waals surface area contributed by atoms with Crippen molar-refractivity contribution in [3.05, 3.63) is 47.3 Å². The molecule has 0 fully saturated rings. The van der Waals surface area contributed by atoms with E-state index < -0.39 is 0 Å². The molecule has 0 radical (unpaired) electrons. The lowest BCUT2D eigenvalue weighted by molar-refractivity contribution is -0.131. The lowest BCUT2D eigenvalue weighted by Crippen LogP contribution is -2.35. The van der Waals surface area contributed by atoms with Gasteiger partial charge in [-0.3, -0.25) is 9.59 Å². The molecule has 3 rings (SSSR count). The molecule has 0 spiro atoms. The van der Waals surface area contributed by atoms with Crippen LogP contribution in [0.15, 0.2) is 35.5 Å². The van der Waals surface area contributed by atoms with Crippen LogP contribution in [0.2, 0.25) is 0 Å². The lowest BCUT2D eigenvalue weighted by atomic mass is 10.2. The van der Waals surface area contributed by atoms with E-state index in [0.717, 1.165) is 17.0 Å². The first-order valence-corrected chi connectivity index (χ1v) is 9.74. The van der Waals surface area contributed by atoms with Crippen molar-refractivity contribution in [1.29, 1.82) is 0 Å². The Hall–Kier alpha value is -2.94. The van der Waals surface area contributed by atoms with Crippen LogP contribution >= 0.6 is 11.8 Å². The van der Waals surface area contributed by atoms with Gasteiger partial charge in [-0.2, -0.15) is 4.98 Å². The second-order valence-electron chi connectivity index (χ2n) is 6.60. The second kappa shape index (κ2) is 8.39. The molecule has 0 saturated carbocycles. The van der Waals surface area contributed by atoms with Gasteiger partial charge in [0, 0.05) is 24.1 Å². The van der Waals surface area contributed by atoms with Crippen molar-refractivity contribution >= 4 is 35.0 Å². The fraction of sp³-hybridized carbons (Fsp3) is 0.316. The summed E-state index contributed by atoms with van der Waals surface area (Å²) in [7, 11) is 1.60. The van der Waals surface area contributed by atoms with E-state index in [1.807, 2.05) is 51.1 Å². The Kier molecular flexibility index (Phi) is 5.93.